The molecule has 3 aromatic carbocycles. The maximum Gasteiger partial charge on any atom is 0.255 e. The van der Waals surface area contributed by atoms with E-state index >= 15 is 0 Å². The van der Waals surface area contributed by atoms with Gasteiger partial charge in [-0.25, -0.2) is 4.68 Å². The minimum atomic E-state index is -0.226. The zero-order valence-corrected chi connectivity index (χ0v) is 18.3. The van der Waals surface area contributed by atoms with Crippen molar-refractivity contribution in [1.82, 2.24) is 9.78 Å². The van der Waals surface area contributed by atoms with Crippen LogP contribution >= 0.6 is 0 Å². The van der Waals surface area contributed by atoms with Crippen LogP contribution in [0.2, 0.25) is 0 Å². The van der Waals surface area contributed by atoms with Gasteiger partial charge in [-0.3, -0.25) is 9.59 Å². The summed E-state index contributed by atoms with van der Waals surface area (Å²) in [5, 5.41) is 10.1. The molecular weight excluding hydrogens is 414 g/mol. The summed E-state index contributed by atoms with van der Waals surface area (Å²) >= 11 is 0. The van der Waals surface area contributed by atoms with Crippen LogP contribution < -0.4 is 16.4 Å². The molecular formula is C26H25N5O2. The molecule has 0 aliphatic carbocycles. The number of nitrogens with two attached hydrogens (primary N) is 1. The van der Waals surface area contributed by atoms with Crippen LogP contribution in [0.1, 0.15) is 27.0 Å². The summed E-state index contributed by atoms with van der Waals surface area (Å²) in [5.41, 5.74) is 11.2. The Morgan fingerprint density at radius 1 is 0.909 bits per heavy atom. The Kier molecular flexibility index (Phi) is 6.61. The first kappa shape index (κ1) is 22.0. The summed E-state index contributed by atoms with van der Waals surface area (Å²) in [6.45, 7) is 2.45. The highest BCUT2D eigenvalue weighted by Crippen LogP contribution is 2.16. The second kappa shape index (κ2) is 9.93. The van der Waals surface area contributed by atoms with E-state index < -0.39 is 0 Å². The zero-order valence-electron chi connectivity index (χ0n) is 18.3. The molecule has 166 valence electrons. The largest absolute Gasteiger partial charge is 0.326 e. The van der Waals surface area contributed by atoms with Crippen molar-refractivity contribution < 1.29 is 9.59 Å². The molecule has 1 heterocycles. The SMILES string of the molecule is Cc1cccc(CC(=O)Nc2cnn(-c3cccc(C(=O)Nc4ccc(CN)cc4)c3)c2)c1. The van der Waals surface area contributed by atoms with Gasteiger partial charge in [0.1, 0.15) is 0 Å². The van der Waals surface area contributed by atoms with E-state index in [4.69, 9.17) is 5.73 Å². The first-order valence-corrected chi connectivity index (χ1v) is 10.6. The summed E-state index contributed by atoms with van der Waals surface area (Å²) in [5.74, 6) is -0.342. The van der Waals surface area contributed by atoms with Crippen LogP contribution in [0, 0.1) is 6.92 Å². The predicted molar refractivity (Wildman–Crippen MR) is 129 cm³/mol. The van der Waals surface area contributed by atoms with Gasteiger partial charge in [-0.1, -0.05) is 48.0 Å². The van der Waals surface area contributed by atoms with Crippen molar-refractivity contribution in [3.63, 3.8) is 0 Å². The van der Waals surface area contributed by atoms with Gasteiger partial charge < -0.3 is 16.4 Å². The number of nitrogens with zero attached hydrogens (tertiary/aromatic N) is 2. The average molecular weight is 440 g/mol. The van der Waals surface area contributed by atoms with E-state index in [0.29, 0.717) is 29.2 Å². The first-order chi connectivity index (χ1) is 16.0. The second-order valence-electron chi connectivity index (χ2n) is 7.79. The van der Waals surface area contributed by atoms with Crippen molar-refractivity contribution in [2.24, 2.45) is 5.73 Å². The van der Waals surface area contributed by atoms with Crippen molar-refractivity contribution in [2.45, 2.75) is 19.9 Å². The number of aromatic nitrogens is 2. The molecule has 4 N–H and O–H groups in total. The Morgan fingerprint density at radius 2 is 1.70 bits per heavy atom. The van der Waals surface area contributed by atoms with Crippen LogP contribution in [0.5, 0.6) is 0 Å². The first-order valence-electron chi connectivity index (χ1n) is 10.6. The van der Waals surface area contributed by atoms with Gasteiger partial charge in [0.15, 0.2) is 0 Å². The van der Waals surface area contributed by atoms with Crippen molar-refractivity contribution in [1.29, 1.82) is 0 Å². The lowest BCUT2D eigenvalue weighted by Gasteiger charge is -2.08. The lowest BCUT2D eigenvalue weighted by molar-refractivity contribution is -0.115. The van der Waals surface area contributed by atoms with Crippen molar-refractivity contribution in [3.05, 3.63) is 107 Å². The van der Waals surface area contributed by atoms with Gasteiger partial charge in [-0.05, 0) is 48.4 Å². The van der Waals surface area contributed by atoms with E-state index in [-0.39, 0.29) is 18.2 Å². The lowest BCUT2D eigenvalue weighted by Crippen LogP contribution is -2.14. The fraction of sp³-hybridized carbons (Fsp3) is 0.115. The molecule has 33 heavy (non-hydrogen) atoms. The molecule has 0 aliphatic heterocycles. The van der Waals surface area contributed by atoms with Crippen LogP contribution in [-0.4, -0.2) is 21.6 Å². The minimum absolute atomic E-state index is 0.117. The molecule has 4 aromatic rings. The van der Waals surface area contributed by atoms with Crippen LogP contribution in [0.15, 0.2) is 85.2 Å². The zero-order chi connectivity index (χ0) is 23.2. The molecule has 0 unspecified atom stereocenters. The highest BCUT2D eigenvalue weighted by atomic mass is 16.2. The smallest absolute Gasteiger partial charge is 0.255 e. The molecule has 0 atom stereocenters. The Balaban J connectivity index is 1.42. The van der Waals surface area contributed by atoms with Gasteiger partial charge in [0.25, 0.3) is 5.91 Å². The van der Waals surface area contributed by atoms with Crippen molar-refractivity contribution in [3.8, 4) is 5.69 Å². The van der Waals surface area contributed by atoms with Crippen LogP contribution in [0.4, 0.5) is 11.4 Å². The second-order valence-corrected chi connectivity index (χ2v) is 7.79. The van der Waals surface area contributed by atoms with E-state index in [9.17, 15) is 9.59 Å². The minimum Gasteiger partial charge on any atom is -0.326 e. The topological polar surface area (TPSA) is 102 Å². The standard InChI is InChI=1S/C26H25N5O2/c1-18-4-2-5-20(12-18)13-25(32)29-23-16-28-31(17-23)24-7-3-6-21(14-24)26(33)30-22-10-8-19(15-27)9-11-22/h2-12,14,16-17H,13,15,27H2,1H3,(H,29,32)(H,30,33). The number of carbonyl (C=O) groups is 2. The number of amides is 2. The van der Waals surface area contributed by atoms with E-state index in [1.807, 2.05) is 61.5 Å². The molecule has 0 spiro atoms. The number of carbonyl (C=O) groups excluding carboxylic acids is 2. The third-order valence-electron chi connectivity index (χ3n) is 5.13. The van der Waals surface area contributed by atoms with Crippen molar-refractivity contribution in [2.75, 3.05) is 10.6 Å². The monoisotopic (exact) mass is 439 g/mol. The Hall–Kier alpha value is -4.23. The van der Waals surface area contributed by atoms with Crippen LogP contribution in [0.25, 0.3) is 5.69 Å². The number of anilines is 2. The molecule has 1 aromatic heterocycles. The van der Waals surface area contributed by atoms with Gasteiger partial charge in [-0.15, -0.1) is 0 Å². The van der Waals surface area contributed by atoms with Crippen molar-refractivity contribution >= 4 is 23.2 Å². The summed E-state index contributed by atoms with van der Waals surface area (Å²) in [6, 6.07) is 22.4. The molecule has 0 fully saturated rings. The number of rotatable bonds is 7. The number of nitrogens with one attached hydrogen (secondary N) is 2. The Morgan fingerprint density at radius 3 is 2.45 bits per heavy atom. The van der Waals surface area contributed by atoms with Crippen LogP contribution in [-0.2, 0) is 17.8 Å². The molecule has 0 saturated heterocycles. The van der Waals surface area contributed by atoms with Gasteiger partial charge in [-0.2, -0.15) is 5.10 Å². The molecule has 7 heteroatoms. The Labute approximate surface area is 192 Å². The third-order valence-corrected chi connectivity index (χ3v) is 5.13. The lowest BCUT2D eigenvalue weighted by atomic mass is 10.1. The number of hydrogen-bond donors (Lipinski definition) is 3. The predicted octanol–water partition coefficient (Wildman–Crippen LogP) is 4.07. The van der Waals surface area contributed by atoms with Gasteiger partial charge in [0.2, 0.25) is 5.91 Å². The van der Waals surface area contributed by atoms with E-state index in [1.165, 1.54) is 0 Å². The molecule has 0 bridgehead atoms. The molecule has 7 nitrogen and oxygen atoms in total. The van der Waals surface area contributed by atoms with Gasteiger partial charge >= 0.3 is 0 Å². The fourth-order valence-electron chi connectivity index (χ4n) is 3.46. The fourth-order valence-corrected chi connectivity index (χ4v) is 3.46. The van der Waals surface area contributed by atoms with Gasteiger partial charge in [0.05, 0.1) is 30.2 Å². The van der Waals surface area contributed by atoms with E-state index in [2.05, 4.69) is 15.7 Å². The molecule has 0 saturated carbocycles. The normalized spacial score (nSPS) is 10.6. The highest BCUT2D eigenvalue weighted by Gasteiger charge is 2.10. The quantitative estimate of drug-likeness (QED) is 0.404. The van der Waals surface area contributed by atoms with Gasteiger partial charge in [0, 0.05) is 17.8 Å². The number of aryl methyl sites for hydroxylation is 1. The maximum atomic E-state index is 12.7. The summed E-state index contributed by atoms with van der Waals surface area (Å²) in [7, 11) is 0. The number of hydrogen-bond acceptors (Lipinski definition) is 4. The highest BCUT2D eigenvalue weighted by molar-refractivity contribution is 6.04. The summed E-state index contributed by atoms with van der Waals surface area (Å²) < 4.78 is 1.62. The van der Waals surface area contributed by atoms with E-state index in [1.54, 1.807) is 35.3 Å². The maximum absolute atomic E-state index is 12.7. The molecule has 4 rings (SSSR count). The third kappa shape index (κ3) is 5.72. The molecule has 0 aliphatic rings. The molecule has 2 amide bonds. The summed E-state index contributed by atoms with van der Waals surface area (Å²) in [4.78, 5) is 25.1. The summed E-state index contributed by atoms with van der Waals surface area (Å²) in [6.07, 6.45) is 3.59. The van der Waals surface area contributed by atoms with Crippen LogP contribution in [0.3, 0.4) is 0 Å². The number of benzene rings is 3. The van der Waals surface area contributed by atoms with E-state index in [0.717, 1.165) is 16.7 Å². The Bertz CT molecular complexity index is 1280. The molecule has 0 radical (unpaired) electrons. The average Bonchev–Trinajstić information content (AvgIpc) is 3.28.